The lowest BCUT2D eigenvalue weighted by molar-refractivity contribution is -0.126. The van der Waals surface area contributed by atoms with E-state index in [0.29, 0.717) is 16.9 Å². The molecule has 0 saturated heterocycles. The van der Waals surface area contributed by atoms with Crippen molar-refractivity contribution < 1.29 is 4.43 Å². The molecule has 0 aromatic heterocycles. The highest BCUT2D eigenvalue weighted by molar-refractivity contribution is 6.73. The number of hydrogen-bond acceptors (Lipinski definition) is 1. The van der Waals surface area contributed by atoms with Crippen LogP contribution in [0.1, 0.15) is 106 Å². The normalized spacial score (nSPS) is 47.4. The number of fused-ring (bicyclic) bond motifs is 5. The van der Waals surface area contributed by atoms with Gasteiger partial charge in [0.15, 0.2) is 8.32 Å². The largest absolute Gasteiger partial charge is 0.414 e. The summed E-state index contributed by atoms with van der Waals surface area (Å²) in [6.45, 7) is 15.1. The number of rotatable bonds is 6. The van der Waals surface area contributed by atoms with Crippen LogP contribution in [-0.2, 0) is 4.43 Å². The molecule has 2 heteroatoms. The van der Waals surface area contributed by atoms with Gasteiger partial charge in [0.05, 0.1) is 0 Å². The third-order valence-corrected chi connectivity index (χ3v) is 16.2. The first-order valence-corrected chi connectivity index (χ1v) is 16.1. The van der Waals surface area contributed by atoms with Gasteiger partial charge in [-0.2, -0.15) is 0 Å². The summed E-state index contributed by atoms with van der Waals surface area (Å²) in [5, 5.41) is 0. The summed E-state index contributed by atoms with van der Waals surface area (Å²) in [6.07, 6.45) is 15.4. The Hall–Kier alpha value is 0.177. The molecule has 0 amide bonds. The van der Waals surface area contributed by atoms with Crippen LogP contribution < -0.4 is 0 Å². The van der Waals surface area contributed by atoms with Crippen molar-refractivity contribution in [1.29, 1.82) is 0 Å². The van der Waals surface area contributed by atoms with E-state index in [0.717, 1.165) is 29.6 Å². The SMILES string of the molecule is CC[C@H]1CC(O[Si](CC)(CC)CC)[C@H]2[C@@H]3CCC4CCCC[C@]4(C)[C@H]3CC[C@]12C. The second-order valence-corrected chi connectivity index (χ2v) is 16.8. The third kappa shape index (κ3) is 3.42. The van der Waals surface area contributed by atoms with Crippen molar-refractivity contribution in [2.24, 2.45) is 40.4 Å². The van der Waals surface area contributed by atoms with Gasteiger partial charge in [0.1, 0.15) is 0 Å². The Kier molecular flexibility index (Phi) is 6.38. The van der Waals surface area contributed by atoms with E-state index in [9.17, 15) is 0 Å². The molecule has 29 heavy (non-hydrogen) atoms. The van der Waals surface area contributed by atoms with Gasteiger partial charge in [-0.3, -0.25) is 0 Å². The summed E-state index contributed by atoms with van der Waals surface area (Å²) < 4.78 is 7.37. The van der Waals surface area contributed by atoms with Crippen LogP contribution >= 0.6 is 0 Å². The van der Waals surface area contributed by atoms with Gasteiger partial charge in [-0.05, 0) is 103 Å². The van der Waals surface area contributed by atoms with Crippen molar-refractivity contribution in [2.45, 2.75) is 130 Å². The average Bonchev–Trinajstić information content (AvgIpc) is 3.03. The van der Waals surface area contributed by atoms with Crippen LogP contribution in [0.15, 0.2) is 0 Å². The molecule has 4 aliphatic carbocycles. The van der Waals surface area contributed by atoms with Crippen LogP contribution in [0.2, 0.25) is 18.1 Å². The standard InChI is InChI=1S/C27H50OSi/c1-7-20-19-24(28-29(8-2,9-3)10-4)25-22-15-14-21-13-11-12-17-26(21,5)23(22)16-18-27(20,25)6/h20-25H,7-19H2,1-6H3/t20-,21?,22+,23-,24?,25+,26-,27+/m0/s1. The van der Waals surface area contributed by atoms with Gasteiger partial charge in [0.2, 0.25) is 0 Å². The Balaban J connectivity index is 1.66. The topological polar surface area (TPSA) is 9.23 Å². The lowest BCUT2D eigenvalue weighted by Gasteiger charge is -2.61. The molecule has 0 bridgehead atoms. The molecule has 0 heterocycles. The third-order valence-electron chi connectivity index (χ3n) is 11.6. The van der Waals surface area contributed by atoms with Crippen LogP contribution in [-0.4, -0.2) is 14.4 Å². The quantitative estimate of drug-likeness (QED) is 0.393. The smallest absolute Gasteiger partial charge is 0.192 e. The van der Waals surface area contributed by atoms with E-state index in [1.165, 1.54) is 82.3 Å². The zero-order chi connectivity index (χ0) is 20.9. The molecule has 8 atom stereocenters. The molecule has 4 fully saturated rings. The maximum atomic E-state index is 7.37. The summed E-state index contributed by atoms with van der Waals surface area (Å²) in [7, 11) is -1.54. The predicted octanol–water partition coefficient (Wildman–Crippen LogP) is 8.45. The van der Waals surface area contributed by atoms with E-state index in [2.05, 4.69) is 41.5 Å². The van der Waals surface area contributed by atoms with Crippen molar-refractivity contribution >= 4 is 8.32 Å². The van der Waals surface area contributed by atoms with E-state index in [4.69, 9.17) is 4.43 Å². The van der Waals surface area contributed by atoms with Crippen LogP contribution in [0.3, 0.4) is 0 Å². The Bertz CT molecular complexity index is 563. The van der Waals surface area contributed by atoms with Crippen LogP contribution in [0.25, 0.3) is 0 Å². The molecule has 0 spiro atoms. The molecular weight excluding hydrogens is 368 g/mol. The maximum Gasteiger partial charge on any atom is 0.192 e. The van der Waals surface area contributed by atoms with Crippen molar-refractivity contribution in [3.05, 3.63) is 0 Å². The lowest BCUT2D eigenvalue weighted by atomic mass is 9.44. The van der Waals surface area contributed by atoms with Gasteiger partial charge < -0.3 is 4.43 Å². The zero-order valence-electron chi connectivity index (χ0n) is 20.6. The van der Waals surface area contributed by atoms with E-state index in [-0.39, 0.29) is 0 Å². The number of hydrogen-bond donors (Lipinski definition) is 0. The maximum absolute atomic E-state index is 7.37. The Morgan fingerprint density at radius 3 is 2.21 bits per heavy atom. The van der Waals surface area contributed by atoms with Gasteiger partial charge in [0.25, 0.3) is 0 Å². The molecule has 1 nitrogen and oxygen atoms in total. The second-order valence-electron chi connectivity index (χ2n) is 12.1. The van der Waals surface area contributed by atoms with Crippen LogP contribution in [0.5, 0.6) is 0 Å². The summed E-state index contributed by atoms with van der Waals surface area (Å²) in [6, 6.07) is 3.93. The summed E-state index contributed by atoms with van der Waals surface area (Å²) in [5.74, 6) is 4.71. The summed E-state index contributed by atoms with van der Waals surface area (Å²) in [4.78, 5) is 0. The highest BCUT2D eigenvalue weighted by Crippen LogP contribution is 2.68. The van der Waals surface area contributed by atoms with Gasteiger partial charge in [0, 0.05) is 6.10 Å². The summed E-state index contributed by atoms with van der Waals surface area (Å²) in [5.41, 5.74) is 1.19. The Morgan fingerprint density at radius 2 is 1.55 bits per heavy atom. The molecule has 4 aliphatic rings. The molecule has 4 saturated carbocycles. The minimum Gasteiger partial charge on any atom is -0.414 e. The zero-order valence-corrected chi connectivity index (χ0v) is 21.6. The summed E-state index contributed by atoms with van der Waals surface area (Å²) >= 11 is 0. The minimum absolute atomic E-state index is 0.549. The molecule has 0 aromatic rings. The van der Waals surface area contributed by atoms with E-state index in [1.807, 2.05) is 0 Å². The fraction of sp³-hybridized carbons (Fsp3) is 1.00. The van der Waals surface area contributed by atoms with E-state index in [1.54, 1.807) is 0 Å². The van der Waals surface area contributed by atoms with Crippen LogP contribution in [0.4, 0.5) is 0 Å². The first kappa shape index (κ1) is 22.4. The lowest BCUT2D eigenvalue weighted by Crippen LogP contribution is -2.55. The minimum atomic E-state index is -1.54. The Morgan fingerprint density at radius 1 is 0.828 bits per heavy atom. The van der Waals surface area contributed by atoms with Crippen molar-refractivity contribution in [3.63, 3.8) is 0 Å². The Labute approximate surface area is 183 Å². The molecule has 0 aromatic carbocycles. The van der Waals surface area contributed by atoms with Gasteiger partial charge in [-0.1, -0.05) is 60.8 Å². The molecule has 0 aliphatic heterocycles. The first-order chi connectivity index (χ1) is 13.9. The van der Waals surface area contributed by atoms with Crippen molar-refractivity contribution in [3.8, 4) is 0 Å². The molecule has 4 rings (SSSR count). The molecule has 0 radical (unpaired) electrons. The van der Waals surface area contributed by atoms with Gasteiger partial charge in [-0.25, -0.2) is 0 Å². The molecule has 168 valence electrons. The van der Waals surface area contributed by atoms with Gasteiger partial charge in [-0.15, -0.1) is 0 Å². The monoisotopic (exact) mass is 418 g/mol. The average molecular weight is 419 g/mol. The van der Waals surface area contributed by atoms with Crippen molar-refractivity contribution in [1.82, 2.24) is 0 Å². The van der Waals surface area contributed by atoms with Gasteiger partial charge >= 0.3 is 0 Å². The molecule has 0 N–H and O–H groups in total. The highest BCUT2D eigenvalue weighted by atomic mass is 28.4. The van der Waals surface area contributed by atoms with E-state index < -0.39 is 8.32 Å². The first-order valence-electron chi connectivity index (χ1n) is 13.5. The fourth-order valence-electron chi connectivity index (χ4n) is 9.52. The predicted molar refractivity (Wildman–Crippen MR) is 128 cm³/mol. The highest BCUT2D eigenvalue weighted by Gasteiger charge is 2.62. The van der Waals surface area contributed by atoms with Crippen molar-refractivity contribution in [2.75, 3.05) is 0 Å². The fourth-order valence-corrected chi connectivity index (χ4v) is 12.4. The second kappa shape index (κ2) is 8.27. The van der Waals surface area contributed by atoms with Crippen LogP contribution in [0, 0.1) is 40.4 Å². The molecular formula is C27H50OSi. The van der Waals surface area contributed by atoms with E-state index >= 15 is 0 Å². The molecule has 2 unspecified atom stereocenters.